The van der Waals surface area contributed by atoms with Crippen molar-refractivity contribution >= 4 is 15.8 Å². The van der Waals surface area contributed by atoms with Crippen molar-refractivity contribution < 1.29 is 23.1 Å². The first kappa shape index (κ1) is 18.7. The third-order valence-corrected chi connectivity index (χ3v) is 7.27. The first-order chi connectivity index (χ1) is 11.4. The summed E-state index contributed by atoms with van der Waals surface area (Å²) in [6, 6.07) is 5.92. The zero-order valence-electron chi connectivity index (χ0n) is 14.2. The zero-order valence-corrected chi connectivity index (χ0v) is 15.0. The minimum Gasteiger partial charge on any atom is -0.497 e. The van der Waals surface area contributed by atoms with Crippen LogP contribution in [0.2, 0.25) is 0 Å². The molecule has 0 bridgehead atoms. The SMILES string of the molecule is CCCCN1CCC(C(=O)O)(S(=O)(=O)c2ccc(OC)cc2)CC1. The number of methoxy groups -OCH3 is 1. The number of carboxylic acid groups (broad SMARTS) is 1. The van der Waals surface area contributed by atoms with Crippen molar-refractivity contribution in [2.45, 2.75) is 42.2 Å². The van der Waals surface area contributed by atoms with Crippen molar-refractivity contribution in [3.8, 4) is 5.75 Å². The molecular formula is C17H25NO5S. The summed E-state index contributed by atoms with van der Waals surface area (Å²) < 4.78 is 29.3. The quantitative estimate of drug-likeness (QED) is 0.807. The molecule has 1 aromatic carbocycles. The van der Waals surface area contributed by atoms with Crippen LogP contribution in [0.15, 0.2) is 29.2 Å². The Morgan fingerprint density at radius 3 is 2.29 bits per heavy atom. The lowest BCUT2D eigenvalue weighted by atomic mass is 9.95. The number of carboxylic acids is 1. The van der Waals surface area contributed by atoms with Crippen LogP contribution in [-0.2, 0) is 14.6 Å². The van der Waals surface area contributed by atoms with Gasteiger partial charge in [0.25, 0.3) is 0 Å². The third-order valence-electron chi connectivity index (χ3n) is 4.77. The number of benzene rings is 1. The highest BCUT2D eigenvalue weighted by Gasteiger charge is 2.53. The first-order valence-electron chi connectivity index (χ1n) is 8.22. The first-order valence-corrected chi connectivity index (χ1v) is 9.70. The average molecular weight is 355 g/mol. The molecule has 0 aliphatic carbocycles. The predicted octanol–water partition coefficient (Wildman–Crippen LogP) is 2.19. The van der Waals surface area contributed by atoms with Gasteiger partial charge in [-0.3, -0.25) is 4.79 Å². The van der Waals surface area contributed by atoms with Gasteiger partial charge in [0.15, 0.2) is 14.6 Å². The molecule has 1 aliphatic heterocycles. The maximum absolute atomic E-state index is 13.0. The molecular weight excluding hydrogens is 330 g/mol. The topological polar surface area (TPSA) is 83.9 Å². The van der Waals surface area contributed by atoms with Gasteiger partial charge in [-0.05, 0) is 50.1 Å². The van der Waals surface area contributed by atoms with Gasteiger partial charge < -0.3 is 14.7 Å². The van der Waals surface area contributed by atoms with Crippen molar-refractivity contribution in [3.05, 3.63) is 24.3 Å². The molecule has 1 aliphatic rings. The van der Waals surface area contributed by atoms with Crippen LogP contribution in [-0.4, -0.2) is 55.9 Å². The lowest BCUT2D eigenvalue weighted by Gasteiger charge is -2.38. The maximum atomic E-state index is 13.0. The van der Waals surface area contributed by atoms with Crippen molar-refractivity contribution in [1.82, 2.24) is 4.90 Å². The Balaban J connectivity index is 2.28. The van der Waals surface area contributed by atoms with E-state index < -0.39 is 20.6 Å². The molecule has 0 radical (unpaired) electrons. The van der Waals surface area contributed by atoms with Gasteiger partial charge in [0.05, 0.1) is 12.0 Å². The summed E-state index contributed by atoms with van der Waals surface area (Å²) in [6.07, 6.45) is 2.32. The smallest absolute Gasteiger partial charge is 0.325 e. The number of carbonyl (C=O) groups is 1. The number of nitrogens with zero attached hydrogens (tertiary/aromatic N) is 1. The van der Waals surface area contributed by atoms with E-state index in [-0.39, 0.29) is 17.7 Å². The number of aliphatic carboxylic acids is 1. The van der Waals surface area contributed by atoms with E-state index in [4.69, 9.17) is 4.74 Å². The minimum absolute atomic E-state index is 0.0349. The summed E-state index contributed by atoms with van der Waals surface area (Å²) in [5.41, 5.74) is 0. The van der Waals surface area contributed by atoms with Crippen LogP contribution in [0.4, 0.5) is 0 Å². The number of hydrogen-bond donors (Lipinski definition) is 1. The van der Waals surface area contributed by atoms with Gasteiger partial charge in [0.2, 0.25) is 0 Å². The number of ether oxygens (including phenoxy) is 1. The normalized spacial score (nSPS) is 18.2. The van der Waals surface area contributed by atoms with E-state index in [9.17, 15) is 18.3 Å². The number of likely N-dealkylation sites (tertiary alicyclic amines) is 1. The molecule has 0 atom stereocenters. The van der Waals surface area contributed by atoms with Crippen molar-refractivity contribution in [1.29, 1.82) is 0 Å². The Kier molecular flexibility index (Phi) is 5.87. The lowest BCUT2D eigenvalue weighted by Crippen LogP contribution is -2.54. The molecule has 0 spiro atoms. The molecule has 134 valence electrons. The third kappa shape index (κ3) is 3.42. The monoisotopic (exact) mass is 355 g/mol. The molecule has 1 aromatic rings. The van der Waals surface area contributed by atoms with E-state index in [1.54, 1.807) is 12.1 Å². The minimum atomic E-state index is -3.97. The van der Waals surface area contributed by atoms with E-state index in [2.05, 4.69) is 11.8 Å². The molecule has 24 heavy (non-hydrogen) atoms. The summed E-state index contributed by atoms with van der Waals surface area (Å²) in [4.78, 5) is 14.1. The Morgan fingerprint density at radius 2 is 1.83 bits per heavy atom. The summed E-state index contributed by atoms with van der Waals surface area (Å²) in [7, 11) is -2.48. The van der Waals surface area contributed by atoms with Crippen LogP contribution in [0.25, 0.3) is 0 Å². The van der Waals surface area contributed by atoms with E-state index in [1.807, 2.05) is 0 Å². The number of rotatable bonds is 7. The second-order valence-electron chi connectivity index (χ2n) is 6.17. The lowest BCUT2D eigenvalue weighted by molar-refractivity contribution is -0.141. The van der Waals surface area contributed by atoms with E-state index in [0.29, 0.717) is 18.8 Å². The highest BCUT2D eigenvalue weighted by atomic mass is 32.2. The Labute approximate surface area is 143 Å². The fraction of sp³-hybridized carbons (Fsp3) is 0.588. The molecule has 1 fully saturated rings. The predicted molar refractivity (Wildman–Crippen MR) is 91.1 cm³/mol. The zero-order chi connectivity index (χ0) is 17.8. The maximum Gasteiger partial charge on any atom is 0.325 e. The average Bonchev–Trinajstić information content (AvgIpc) is 2.60. The van der Waals surface area contributed by atoms with Gasteiger partial charge in [0, 0.05) is 13.1 Å². The molecule has 0 saturated carbocycles. The van der Waals surface area contributed by atoms with E-state index in [0.717, 1.165) is 19.4 Å². The van der Waals surface area contributed by atoms with Crippen LogP contribution in [0, 0.1) is 0 Å². The molecule has 2 rings (SSSR count). The Bertz CT molecular complexity index is 661. The molecule has 1 N–H and O–H groups in total. The molecule has 1 saturated heterocycles. The van der Waals surface area contributed by atoms with Crippen molar-refractivity contribution in [3.63, 3.8) is 0 Å². The molecule has 7 heteroatoms. The van der Waals surface area contributed by atoms with Gasteiger partial charge >= 0.3 is 5.97 Å². The fourth-order valence-corrected chi connectivity index (χ4v) is 4.99. The van der Waals surface area contributed by atoms with Crippen molar-refractivity contribution in [2.75, 3.05) is 26.7 Å². The van der Waals surface area contributed by atoms with Crippen LogP contribution in [0.1, 0.15) is 32.6 Å². The summed E-state index contributed by atoms with van der Waals surface area (Å²) in [6.45, 7) is 3.96. The van der Waals surface area contributed by atoms with E-state index >= 15 is 0 Å². The Hall–Kier alpha value is -1.60. The number of sulfone groups is 1. The number of piperidine rings is 1. The molecule has 0 aromatic heterocycles. The number of unbranched alkanes of at least 4 members (excludes halogenated alkanes) is 1. The standard InChI is InChI=1S/C17H25NO5S/c1-3-4-11-18-12-9-17(10-13-18,16(19)20)24(21,22)15-7-5-14(23-2)6-8-15/h5-8H,3-4,9-13H2,1-2H3,(H,19,20). The fourth-order valence-electron chi connectivity index (χ4n) is 3.10. The second kappa shape index (κ2) is 7.53. The Morgan fingerprint density at radius 1 is 1.25 bits per heavy atom. The molecule has 0 amide bonds. The molecule has 0 unspecified atom stereocenters. The van der Waals surface area contributed by atoms with Crippen LogP contribution < -0.4 is 4.74 Å². The largest absolute Gasteiger partial charge is 0.497 e. The summed E-state index contributed by atoms with van der Waals surface area (Å²) in [5, 5.41) is 9.73. The van der Waals surface area contributed by atoms with Gasteiger partial charge in [-0.25, -0.2) is 8.42 Å². The number of hydrogen-bond acceptors (Lipinski definition) is 5. The van der Waals surface area contributed by atoms with Gasteiger partial charge in [-0.2, -0.15) is 0 Å². The van der Waals surface area contributed by atoms with Crippen LogP contribution >= 0.6 is 0 Å². The van der Waals surface area contributed by atoms with Gasteiger partial charge in [0.1, 0.15) is 5.75 Å². The summed E-state index contributed by atoms with van der Waals surface area (Å²) >= 11 is 0. The van der Waals surface area contributed by atoms with Crippen LogP contribution in [0.5, 0.6) is 5.75 Å². The molecule has 1 heterocycles. The van der Waals surface area contributed by atoms with Gasteiger partial charge in [-0.15, -0.1) is 0 Å². The van der Waals surface area contributed by atoms with Gasteiger partial charge in [-0.1, -0.05) is 13.3 Å². The van der Waals surface area contributed by atoms with E-state index in [1.165, 1.54) is 19.2 Å². The molecule has 6 nitrogen and oxygen atoms in total. The second-order valence-corrected chi connectivity index (χ2v) is 8.43. The summed E-state index contributed by atoms with van der Waals surface area (Å²) in [5.74, 6) is -0.721. The van der Waals surface area contributed by atoms with Crippen LogP contribution in [0.3, 0.4) is 0 Å². The highest BCUT2D eigenvalue weighted by molar-refractivity contribution is 7.93. The van der Waals surface area contributed by atoms with Crippen molar-refractivity contribution in [2.24, 2.45) is 0 Å². The highest BCUT2D eigenvalue weighted by Crippen LogP contribution is 2.36.